The van der Waals surface area contributed by atoms with Gasteiger partial charge in [0.15, 0.2) is 0 Å². The average Bonchev–Trinajstić information content (AvgIpc) is 2.52. The van der Waals surface area contributed by atoms with Gasteiger partial charge in [0.25, 0.3) is 10.1 Å². The van der Waals surface area contributed by atoms with Crippen LogP contribution in [0.25, 0.3) is 0 Å². The van der Waals surface area contributed by atoms with Crippen LogP contribution in [0.4, 0.5) is 4.79 Å². The van der Waals surface area contributed by atoms with E-state index in [1.165, 1.54) is 4.90 Å². The molecule has 0 spiro atoms. The SMILES string of the molecule is CS(=O)(=O)OCC12CC(C1)N(C(=O)O)C2. The molecular weight excluding hydrogens is 222 g/mol. The minimum Gasteiger partial charge on any atom is -0.465 e. The number of hydrogen-bond acceptors (Lipinski definition) is 4. The van der Waals surface area contributed by atoms with E-state index in [4.69, 9.17) is 9.29 Å². The smallest absolute Gasteiger partial charge is 0.407 e. The van der Waals surface area contributed by atoms with Crippen LogP contribution < -0.4 is 0 Å². The summed E-state index contributed by atoms with van der Waals surface area (Å²) in [7, 11) is -3.43. The van der Waals surface area contributed by atoms with Crippen molar-refractivity contribution in [2.75, 3.05) is 19.4 Å². The van der Waals surface area contributed by atoms with Gasteiger partial charge in [-0.15, -0.1) is 0 Å². The number of hydrogen-bond donors (Lipinski definition) is 1. The first-order valence-corrected chi connectivity index (χ1v) is 6.47. The fourth-order valence-electron chi connectivity index (χ4n) is 2.40. The summed E-state index contributed by atoms with van der Waals surface area (Å²) in [5.41, 5.74) is -0.258. The highest BCUT2D eigenvalue weighted by Gasteiger charge is 2.57. The molecule has 1 amide bonds. The lowest BCUT2D eigenvalue weighted by Crippen LogP contribution is -2.39. The molecule has 1 saturated carbocycles. The highest BCUT2D eigenvalue weighted by atomic mass is 32.2. The third kappa shape index (κ3) is 1.93. The van der Waals surface area contributed by atoms with Crippen LogP contribution in [-0.2, 0) is 14.3 Å². The lowest BCUT2D eigenvalue weighted by molar-refractivity contribution is 0.100. The number of amides is 1. The monoisotopic (exact) mass is 235 g/mol. The Morgan fingerprint density at radius 1 is 1.60 bits per heavy atom. The molecule has 0 aromatic heterocycles. The Hall–Kier alpha value is -0.820. The number of carboxylic acid groups (broad SMARTS) is 1. The quantitative estimate of drug-likeness (QED) is 0.702. The van der Waals surface area contributed by atoms with Gasteiger partial charge in [0, 0.05) is 18.0 Å². The summed E-state index contributed by atoms with van der Waals surface area (Å²) in [6.07, 6.45) is 1.51. The van der Waals surface area contributed by atoms with Crippen molar-refractivity contribution in [2.24, 2.45) is 5.41 Å². The van der Waals surface area contributed by atoms with E-state index < -0.39 is 16.2 Å². The molecule has 3 rings (SSSR count). The molecule has 2 heterocycles. The van der Waals surface area contributed by atoms with Crippen molar-refractivity contribution in [3.05, 3.63) is 0 Å². The molecule has 15 heavy (non-hydrogen) atoms. The maximum absolute atomic E-state index is 10.8. The van der Waals surface area contributed by atoms with Crippen LogP contribution >= 0.6 is 0 Å². The normalized spacial score (nSPS) is 33.9. The van der Waals surface area contributed by atoms with Gasteiger partial charge >= 0.3 is 6.09 Å². The van der Waals surface area contributed by atoms with Gasteiger partial charge in [0.05, 0.1) is 12.9 Å². The van der Waals surface area contributed by atoms with Gasteiger partial charge in [0.2, 0.25) is 0 Å². The van der Waals surface area contributed by atoms with Gasteiger partial charge in [-0.3, -0.25) is 4.18 Å². The molecule has 3 fully saturated rings. The van der Waals surface area contributed by atoms with Crippen LogP contribution in [0.3, 0.4) is 0 Å². The van der Waals surface area contributed by atoms with E-state index in [9.17, 15) is 13.2 Å². The molecule has 1 aliphatic carbocycles. The van der Waals surface area contributed by atoms with E-state index in [1.807, 2.05) is 0 Å². The third-order valence-electron chi connectivity index (χ3n) is 3.11. The Morgan fingerprint density at radius 2 is 2.20 bits per heavy atom. The first kappa shape index (κ1) is 10.7. The fourth-order valence-corrected chi connectivity index (χ4v) is 2.86. The lowest BCUT2D eigenvalue weighted by atomic mass is 9.71. The van der Waals surface area contributed by atoms with E-state index in [0.717, 1.165) is 19.1 Å². The molecule has 2 bridgehead atoms. The second-order valence-corrected chi connectivity index (χ2v) is 6.08. The molecule has 2 saturated heterocycles. The standard InChI is InChI=1S/C8H13NO5S/c1-15(12,13)14-5-8-2-6(3-8)9(4-8)7(10)11/h6H,2-5H2,1H3,(H,10,11). The van der Waals surface area contributed by atoms with Crippen molar-refractivity contribution in [3.8, 4) is 0 Å². The first-order valence-electron chi connectivity index (χ1n) is 4.65. The zero-order valence-corrected chi connectivity index (χ0v) is 9.16. The summed E-state index contributed by atoms with van der Waals surface area (Å²) in [6.45, 7) is 0.495. The molecular formula is C8H13NO5S. The largest absolute Gasteiger partial charge is 0.465 e. The Labute approximate surface area is 87.9 Å². The van der Waals surface area contributed by atoms with Gasteiger partial charge in [-0.1, -0.05) is 0 Å². The molecule has 0 aromatic rings. The predicted molar refractivity (Wildman–Crippen MR) is 51.0 cm³/mol. The number of rotatable bonds is 3. The van der Waals surface area contributed by atoms with Crippen LogP contribution in [0.5, 0.6) is 0 Å². The predicted octanol–water partition coefficient (Wildman–Crippen LogP) is 0.105. The minimum atomic E-state index is -3.43. The fraction of sp³-hybridized carbons (Fsp3) is 0.875. The third-order valence-corrected chi connectivity index (χ3v) is 3.65. The van der Waals surface area contributed by atoms with E-state index in [2.05, 4.69) is 0 Å². The number of carbonyl (C=O) groups is 1. The van der Waals surface area contributed by atoms with Crippen LogP contribution in [0.1, 0.15) is 12.8 Å². The molecule has 7 heteroatoms. The van der Waals surface area contributed by atoms with Crippen molar-refractivity contribution in [1.29, 1.82) is 0 Å². The van der Waals surface area contributed by atoms with Crippen molar-refractivity contribution in [1.82, 2.24) is 4.90 Å². The zero-order chi connectivity index (χ0) is 11.3. The van der Waals surface area contributed by atoms with Gasteiger partial charge in [-0.05, 0) is 12.8 Å². The molecule has 0 aromatic carbocycles. The summed E-state index contributed by atoms with van der Waals surface area (Å²) >= 11 is 0. The maximum Gasteiger partial charge on any atom is 0.407 e. The molecule has 1 N–H and O–H groups in total. The van der Waals surface area contributed by atoms with Gasteiger partial charge in [-0.25, -0.2) is 4.79 Å². The van der Waals surface area contributed by atoms with E-state index in [0.29, 0.717) is 6.54 Å². The molecule has 3 aliphatic rings. The Kier molecular flexibility index (Phi) is 2.20. The Morgan fingerprint density at radius 3 is 2.60 bits per heavy atom. The van der Waals surface area contributed by atoms with Crippen LogP contribution in [-0.4, -0.2) is 50.0 Å². The topological polar surface area (TPSA) is 83.9 Å². The number of nitrogens with zero attached hydrogens (tertiary/aromatic N) is 1. The number of fused-ring (bicyclic) bond motifs is 1. The van der Waals surface area contributed by atoms with Gasteiger partial charge in [0.1, 0.15) is 0 Å². The summed E-state index contributed by atoms with van der Waals surface area (Å²) < 4.78 is 26.4. The highest BCUT2D eigenvalue weighted by Crippen LogP contribution is 2.51. The summed E-state index contributed by atoms with van der Waals surface area (Å²) in [5.74, 6) is 0. The van der Waals surface area contributed by atoms with Crippen LogP contribution in [0.15, 0.2) is 0 Å². The van der Waals surface area contributed by atoms with Crippen molar-refractivity contribution in [3.63, 3.8) is 0 Å². The average molecular weight is 235 g/mol. The second kappa shape index (κ2) is 3.08. The van der Waals surface area contributed by atoms with Crippen molar-refractivity contribution in [2.45, 2.75) is 18.9 Å². The molecule has 86 valence electrons. The zero-order valence-electron chi connectivity index (χ0n) is 8.34. The second-order valence-electron chi connectivity index (χ2n) is 4.44. The summed E-state index contributed by atoms with van der Waals surface area (Å²) in [4.78, 5) is 12.1. The Balaban J connectivity index is 1.94. The van der Waals surface area contributed by atoms with E-state index in [-0.39, 0.29) is 18.1 Å². The van der Waals surface area contributed by atoms with Gasteiger partial charge < -0.3 is 10.0 Å². The van der Waals surface area contributed by atoms with Crippen molar-refractivity contribution >= 4 is 16.2 Å². The van der Waals surface area contributed by atoms with Crippen molar-refractivity contribution < 1.29 is 22.5 Å². The Bertz CT molecular complexity index is 384. The van der Waals surface area contributed by atoms with E-state index in [1.54, 1.807) is 0 Å². The van der Waals surface area contributed by atoms with E-state index >= 15 is 0 Å². The highest BCUT2D eigenvalue weighted by molar-refractivity contribution is 7.85. The summed E-state index contributed by atoms with van der Waals surface area (Å²) in [6, 6.07) is 0.0608. The molecule has 0 unspecified atom stereocenters. The molecule has 0 radical (unpaired) electrons. The van der Waals surface area contributed by atoms with Crippen LogP contribution in [0.2, 0.25) is 0 Å². The van der Waals surface area contributed by atoms with Crippen LogP contribution in [0, 0.1) is 5.41 Å². The lowest BCUT2D eigenvalue weighted by Gasteiger charge is -2.35. The first-order chi connectivity index (χ1) is 6.81. The summed E-state index contributed by atoms with van der Waals surface area (Å²) in [5, 5.41) is 8.82. The molecule has 6 nitrogen and oxygen atoms in total. The molecule has 2 aliphatic heterocycles. The molecule has 0 atom stereocenters. The minimum absolute atomic E-state index is 0.0608. The van der Waals surface area contributed by atoms with Gasteiger partial charge in [-0.2, -0.15) is 8.42 Å². The maximum atomic E-state index is 10.8.